The SMILES string of the molecule is COc1cccc(N(C(=O)c2ccccc2)C2CCN(Cc3cccc(O)c3)CC2)c1. The standard InChI is InChI=1S/C26H28N2O3/c1-31-25-12-6-10-23(18-25)28(26(30)21-8-3-2-4-9-21)22-13-15-27(16-14-22)19-20-7-5-11-24(29)17-20/h2-12,17-18,22,29H,13-16,19H2,1H3. The Morgan fingerprint density at radius 3 is 2.45 bits per heavy atom. The minimum atomic E-state index is 0.0142. The summed E-state index contributed by atoms with van der Waals surface area (Å²) in [6.45, 7) is 2.58. The van der Waals surface area contributed by atoms with Crippen molar-refractivity contribution in [1.29, 1.82) is 0 Å². The number of ether oxygens (including phenoxy) is 1. The van der Waals surface area contributed by atoms with Crippen LogP contribution in [0.5, 0.6) is 11.5 Å². The lowest BCUT2D eigenvalue weighted by molar-refractivity contribution is 0.0958. The number of piperidine rings is 1. The molecule has 0 unspecified atom stereocenters. The molecule has 0 aromatic heterocycles. The number of phenols is 1. The van der Waals surface area contributed by atoms with Gasteiger partial charge in [0.2, 0.25) is 0 Å². The van der Waals surface area contributed by atoms with E-state index in [9.17, 15) is 9.90 Å². The van der Waals surface area contributed by atoms with Crippen molar-refractivity contribution in [2.24, 2.45) is 0 Å². The maximum atomic E-state index is 13.5. The molecule has 1 aliphatic rings. The quantitative estimate of drug-likeness (QED) is 0.632. The predicted octanol–water partition coefficient (Wildman–Crippen LogP) is 4.71. The third kappa shape index (κ3) is 5.06. The Labute approximate surface area is 183 Å². The molecule has 3 aromatic rings. The summed E-state index contributed by atoms with van der Waals surface area (Å²) in [4.78, 5) is 17.8. The number of likely N-dealkylation sites (tertiary alicyclic amines) is 1. The molecule has 0 aliphatic carbocycles. The molecule has 4 rings (SSSR count). The lowest BCUT2D eigenvalue weighted by Gasteiger charge is -2.38. The highest BCUT2D eigenvalue weighted by Crippen LogP contribution is 2.29. The molecule has 1 saturated heterocycles. The number of rotatable bonds is 6. The average Bonchev–Trinajstić information content (AvgIpc) is 2.81. The molecule has 0 saturated carbocycles. The van der Waals surface area contributed by atoms with Crippen LogP contribution in [0.3, 0.4) is 0 Å². The first-order valence-electron chi connectivity index (χ1n) is 10.7. The zero-order chi connectivity index (χ0) is 21.6. The number of phenolic OH excluding ortho intramolecular Hbond substituents is 1. The molecule has 1 heterocycles. The van der Waals surface area contributed by atoms with Crippen LogP contribution in [0.15, 0.2) is 78.9 Å². The molecule has 3 aromatic carbocycles. The third-order valence-electron chi connectivity index (χ3n) is 5.81. The summed E-state index contributed by atoms with van der Waals surface area (Å²) in [7, 11) is 1.64. The maximum absolute atomic E-state index is 13.5. The van der Waals surface area contributed by atoms with Crippen LogP contribution < -0.4 is 9.64 Å². The van der Waals surface area contributed by atoms with Crippen molar-refractivity contribution in [1.82, 2.24) is 4.90 Å². The zero-order valence-electron chi connectivity index (χ0n) is 17.8. The van der Waals surface area contributed by atoms with Gasteiger partial charge in [0.25, 0.3) is 5.91 Å². The summed E-state index contributed by atoms with van der Waals surface area (Å²) in [6.07, 6.45) is 1.77. The number of hydrogen-bond donors (Lipinski definition) is 1. The number of hydrogen-bond acceptors (Lipinski definition) is 4. The molecule has 31 heavy (non-hydrogen) atoms. The van der Waals surface area contributed by atoms with Crippen LogP contribution >= 0.6 is 0 Å². The van der Waals surface area contributed by atoms with E-state index in [2.05, 4.69) is 4.90 Å². The molecular formula is C26H28N2O3. The number of amides is 1. The van der Waals surface area contributed by atoms with Gasteiger partial charge in [0, 0.05) is 43.0 Å². The van der Waals surface area contributed by atoms with Gasteiger partial charge in [-0.2, -0.15) is 0 Å². The molecule has 1 amide bonds. The number of benzene rings is 3. The number of carbonyl (C=O) groups excluding carboxylic acids is 1. The van der Waals surface area contributed by atoms with Gasteiger partial charge < -0.3 is 14.7 Å². The number of nitrogens with zero attached hydrogens (tertiary/aromatic N) is 2. The van der Waals surface area contributed by atoms with Crippen molar-refractivity contribution < 1.29 is 14.6 Å². The maximum Gasteiger partial charge on any atom is 0.258 e. The van der Waals surface area contributed by atoms with E-state index in [-0.39, 0.29) is 11.9 Å². The monoisotopic (exact) mass is 416 g/mol. The van der Waals surface area contributed by atoms with Gasteiger partial charge in [-0.25, -0.2) is 0 Å². The average molecular weight is 417 g/mol. The van der Waals surface area contributed by atoms with Crippen molar-refractivity contribution >= 4 is 11.6 Å². The van der Waals surface area contributed by atoms with Crippen LogP contribution in [0, 0.1) is 0 Å². The van der Waals surface area contributed by atoms with E-state index < -0.39 is 0 Å². The first-order valence-corrected chi connectivity index (χ1v) is 10.7. The summed E-state index contributed by atoms with van der Waals surface area (Å²) in [5.74, 6) is 1.05. The Morgan fingerprint density at radius 2 is 1.74 bits per heavy atom. The largest absolute Gasteiger partial charge is 0.508 e. The Bertz CT molecular complexity index is 1010. The Morgan fingerprint density at radius 1 is 1.00 bits per heavy atom. The van der Waals surface area contributed by atoms with E-state index in [1.807, 2.05) is 77.7 Å². The first-order chi connectivity index (χ1) is 15.1. The van der Waals surface area contributed by atoms with Gasteiger partial charge in [0.15, 0.2) is 0 Å². The molecule has 5 nitrogen and oxygen atoms in total. The molecule has 1 N–H and O–H groups in total. The molecular weight excluding hydrogens is 388 g/mol. The molecule has 0 spiro atoms. The third-order valence-corrected chi connectivity index (χ3v) is 5.81. The van der Waals surface area contributed by atoms with Crippen molar-refractivity contribution in [2.75, 3.05) is 25.1 Å². The molecule has 0 radical (unpaired) electrons. The van der Waals surface area contributed by atoms with Crippen LogP contribution in [-0.2, 0) is 6.54 Å². The molecule has 0 bridgehead atoms. The summed E-state index contributed by atoms with van der Waals surface area (Å²) in [6, 6.07) is 24.7. The van der Waals surface area contributed by atoms with Crippen LogP contribution in [-0.4, -0.2) is 42.2 Å². The van der Waals surface area contributed by atoms with Gasteiger partial charge in [-0.05, 0) is 54.8 Å². The number of aromatic hydroxyl groups is 1. The Kier molecular flexibility index (Phi) is 6.53. The highest BCUT2D eigenvalue weighted by Gasteiger charge is 2.30. The minimum absolute atomic E-state index is 0.0142. The second kappa shape index (κ2) is 9.67. The van der Waals surface area contributed by atoms with E-state index in [4.69, 9.17) is 4.74 Å². The Hall–Kier alpha value is -3.31. The van der Waals surface area contributed by atoms with Crippen molar-refractivity contribution in [3.05, 3.63) is 90.0 Å². The molecule has 0 atom stereocenters. The topological polar surface area (TPSA) is 53.0 Å². The van der Waals surface area contributed by atoms with Gasteiger partial charge in [0.05, 0.1) is 7.11 Å². The highest BCUT2D eigenvalue weighted by molar-refractivity contribution is 6.06. The lowest BCUT2D eigenvalue weighted by atomic mass is 10.00. The summed E-state index contributed by atoms with van der Waals surface area (Å²) >= 11 is 0. The second-order valence-electron chi connectivity index (χ2n) is 7.92. The van der Waals surface area contributed by atoms with Gasteiger partial charge in [-0.15, -0.1) is 0 Å². The molecule has 5 heteroatoms. The van der Waals surface area contributed by atoms with Crippen LogP contribution in [0.4, 0.5) is 5.69 Å². The fourth-order valence-corrected chi connectivity index (χ4v) is 4.22. The van der Waals surface area contributed by atoms with Crippen molar-refractivity contribution in [3.63, 3.8) is 0 Å². The smallest absolute Gasteiger partial charge is 0.258 e. The van der Waals surface area contributed by atoms with E-state index in [1.54, 1.807) is 13.2 Å². The highest BCUT2D eigenvalue weighted by atomic mass is 16.5. The van der Waals surface area contributed by atoms with Crippen LogP contribution in [0.1, 0.15) is 28.8 Å². The van der Waals surface area contributed by atoms with Crippen molar-refractivity contribution in [2.45, 2.75) is 25.4 Å². The fraction of sp³-hybridized carbons (Fsp3) is 0.269. The van der Waals surface area contributed by atoms with Gasteiger partial charge >= 0.3 is 0 Å². The van der Waals surface area contributed by atoms with E-state index in [0.717, 1.165) is 49.5 Å². The molecule has 160 valence electrons. The normalized spacial score (nSPS) is 14.9. The van der Waals surface area contributed by atoms with E-state index in [1.165, 1.54) is 0 Å². The van der Waals surface area contributed by atoms with Crippen LogP contribution in [0.25, 0.3) is 0 Å². The zero-order valence-corrected chi connectivity index (χ0v) is 17.8. The van der Waals surface area contributed by atoms with Crippen LogP contribution in [0.2, 0.25) is 0 Å². The van der Waals surface area contributed by atoms with Gasteiger partial charge in [-0.3, -0.25) is 9.69 Å². The van der Waals surface area contributed by atoms with Gasteiger partial charge in [-0.1, -0.05) is 36.4 Å². The number of methoxy groups -OCH3 is 1. The minimum Gasteiger partial charge on any atom is -0.508 e. The summed E-state index contributed by atoms with van der Waals surface area (Å²) < 4.78 is 5.40. The summed E-state index contributed by atoms with van der Waals surface area (Å²) in [5, 5.41) is 9.72. The Balaban J connectivity index is 1.53. The number of carbonyl (C=O) groups is 1. The first kappa shape index (κ1) is 20.9. The van der Waals surface area contributed by atoms with Gasteiger partial charge in [0.1, 0.15) is 11.5 Å². The molecule has 1 fully saturated rings. The number of anilines is 1. The fourth-order valence-electron chi connectivity index (χ4n) is 4.22. The predicted molar refractivity (Wildman–Crippen MR) is 123 cm³/mol. The lowest BCUT2D eigenvalue weighted by Crippen LogP contribution is -2.47. The van der Waals surface area contributed by atoms with E-state index >= 15 is 0 Å². The van der Waals surface area contributed by atoms with Crippen molar-refractivity contribution in [3.8, 4) is 11.5 Å². The molecule has 1 aliphatic heterocycles. The summed E-state index contributed by atoms with van der Waals surface area (Å²) in [5.41, 5.74) is 2.65. The second-order valence-corrected chi connectivity index (χ2v) is 7.92. The van der Waals surface area contributed by atoms with E-state index in [0.29, 0.717) is 11.3 Å².